The molecule has 0 amide bonds. The topological polar surface area (TPSA) is 55.1 Å². The molecule has 20 heavy (non-hydrogen) atoms. The molecule has 0 saturated heterocycles. The molecule has 1 heterocycles. The predicted octanol–water partition coefficient (Wildman–Crippen LogP) is 3.74. The standard InChI is InChI=1S/C14H15BrN2O2S/c1-8-4-11(15)5-9(2)13(8)17-6-10(3)16-14(17)20-7-12(18)19/h4-6H,7H2,1-3H3,(H,18,19). The van der Waals surface area contributed by atoms with Crippen LogP contribution in [0.3, 0.4) is 0 Å². The van der Waals surface area contributed by atoms with Gasteiger partial charge in [-0.2, -0.15) is 0 Å². The predicted molar refractivity (Wildman–Crippen MR) is 83.8 cm³/mol. The van der Waals surface area contributed by atoms with E-state index in [1.54, 1.807) is 0 Å². The minimum atomic E-state index is -0.841. The van der Waals surface area contributed by atoms with Gasteiger partial charge in [-0.3, -0.25) is 9.36 Å². The van der Waals surface area contributed by atoms with Crippen LogP contribution >= 0.6 is 27.7 Å². The molecule has 2 aromatic rings. The maximum atomic E-state index is 10.7. The van der Waals surface area contributed by atoms with Gasteiger partial charge < -0.3 is 5.11 Å². The summed E-state index contributed by atoms with van der Waals surface area (Å²) in [7, 11) is 0. The van der Waals surface area contributed by atoms with Crippen LogP contribution in [0.5, 0.6) is 0 Å². The molecule has 0 unspecified atom stereocenters. The van der Waals surface area contributed by atoms with E-state index in [9.17, 15) is 4.79 Å². The molecule has 1 aromatic heterocycles. The molecule has 0 aliphatic carbocycles. The van der Waals surface area contributed by atoms with E-state index in [1.807, 2.05) is 43.7 Å². The minimum absolute atomic E-state index is 0.00504. The number of aromatic nitrogens is 2. The third-order valence-electron chi connectivity index (χ3n) is 2.82. The van der Waals surface area contributed by atoms with Crippen molar-refractivity contribution in [3.8, 4) is 5.69 Å². The summed E-state index contributed by atoms with van der Waals surface area (Å²) in [6, 6.07) is 4.09. The lowest BCUT2D eigenvalue weighted by Gasteiger charge is -2.13. The highest BCUT2D eigenvalue weighted by Gasteiger charge is 2.14. The maximum Gasteiger partial charge on any atom is 0.313 e. The number of aliphatic carboxylic acids is 1. The Bertz CT molecular complexity index is 644. The largest absolute Gasteiger partial charge is 0.481 e. The van der Waals surface area contributed by atoms with Crippen LogP contribution in [0, 0.1) is 20.8 Å². The van der Waals surface area contributed by atoms with E-state index in [4.69, 9.17) is 5.11 Å². The Morgan fingerprint density at radius 1 is 1.35 bits per heavy atom. The van der Waals surface area contributed by atoms with Crippen molar-refractivity contribution in [2.45, 2.75) is 25.9 Å². The Morgan fingerprint density at radius 2 is 1.95 bits per heavy atom. The van der Waals surface area contributed by atoms with Gasteiger partial charge >= 0.3 is 5.97 Å². The van der Waals surface area contributed by atoms with Crippen LogP contribution in [0.4, 0.5) is 0 Å². The van der Waals surface area contributed by atoms with Gasteiger partial charge in [-0.15, -0.1) is 0 Å². The van der Waals surface area contributed by atoms with Crippen molar-refractivity contribution >= 4 is 33.7 Å². The Kier molecular flexibility index (Phi) is 4.55. The first-order valence-corrected chi connectivity index (χ1v) is 7.84. The molecule has 0 bridgehead atoms. The van der Waals surface area contributed by atoms with E-state index in [2.05, 4.69) is 20.9 Å². The molecule has 0 spiro atoms. The SMILES string of the molecule is Cc1cn(-c2c(C)cc(Br)cc2C)c(SCC(=O)O)n1. The van der Waals surface area contributed by atoms with Crippen molar-refractivity contribution in [3.05, 3.63) is 39.6 Å². The van der Waals surface area contributed by atoms with Gasteiger partial charge in [-0.1, -0.05) is 27.7 Å². The van der Waals surface area contributed by atoms with Crippen LogP contribution in [0.1, 0.15) is 16.8 Å². The number of rotatable bonds is 4. The Hall–Kier alpha value is -1.27. The first kappa shape index (κ1) is 15.1. The number of carboxylic acid groups (broad SMARTS) is 1. The zero-order valence-electron chi connectivity index (χ0n) is 11.5. The lowest BCUT2D eigenvalue weighted by molar-refractivity contribution is -0.133. The van der Waals surface area contributed by atoms with Gasteiger partial charge in [0, 0.05) is 10.7 Å². The number of carboxylic acids is 1. The summed E-state index contributed by atoms with van der Waals surface area (Å²) in [5.41, 5.74) is 4.17. The van der Waals surface area contributed by atoms with E-state index in [1.165, 1.54) is 11.8 Å². The monoisotopic (exact) mass is 354 g/mol. The number of halogens is 1. The van der Waals surface area contributed by atoms with Crippen molar-refractivity contribution in [1.29, 1.82) is 0 Å². The number of benzene rings is 1. The summed E-state index contributed by atoms with van der Waals surface area (Å²) in [5.74, 6) is -0.836. The maximum absolute atomic E-state index is 10.7. The average Bonchev–Trinajstić information content (AvgIpc) is 2.66. The molecule has 0 fully saturated rings. The first-order valence-electron chi connectivity index (χ1n) is 6.06. The van der Waals surface area contributed by atoms with Gasteiger partial charge in [-0.25, -0.2) is 4.98 Å². The van der Waals surface area contributed by atoms with Gasteiger partial charge in [0.25, 0.3) is 0 Å². The molecular weight excluding hydrogens is 340 g/mol. The van der Waals surface area contributed by atoms with Crippen LogP contribution in [0.2, 0.25) is 0 Å². The van der Waals surface area contributed by atoms with Crippen molar-refractivity contribution in [2.24, 2.45) is 0 Å². The molecule has 4 nitrogen and oxygen atoms in total. The summed E-state index contributed by atoms with van der Waals surface area (Å²) in [5, 5.41) is 9.53. The molecule has 0 atom stereocenters. The van der Waals surface area contributed by atoms with E-state index in [0.717, 1.165) is 27.0 Å². The number of aryl methyl sites for hydroxylation is 3. The van der Waals surface area contributed by atoms with Crippen LogP contribution in [0.25, 0.3) is 5.69 Å². The fraction of sp³-hybridized carbons (Fsp3) is 0.286. The van der Waals surface area contributed by atoms with Crippen molar-refractivity contribution in [3.63, 3.8) is 0 Å². The van der Waals surface area contributed by atoms with Crippen LogP contribution in [-0.4, -0.2) is 26.4 Å². The summed E-state index contributed by atoms with van der Waals surface area (Å²) >= 11 is 4.72. The van der Waals surface area contributed by atoms with E-state index < -0.39 is 5.97 Å². The molecule has 1 N–H and O–H groups in total. The van der Waals surface area contributed by atoms with Crippen molar-refractivity contribution in [1.82, 2.24) is 9.55 Å². The number of hydrogen-bond acceptors (Lipinski definition) is 3. The number of nitrogens with zero attached hydrogens (tertiary/aromatic N) is 2. The normalized spacial score (nSPS) is 10.8. The second-order valence-electron chi connectivity index (χ2n) is 4.61. The smallest absolute Gasteiger partial charge is 0.313 e. The van der Waals surface area contributed by atoms with Crippen LogP contribution in [-0.2, 0) is 4.79 Å². The lowest BCUT2D eigenvalue weighted by Crippen LogP contribution is -2.04. The van der Waals surface area contributed by atoms with Gasteiger partial charge in [0.2, 0.25) is 0 Å². The average molecular weight is 355 g/mol. The second-order valence-corrected chi connectivity index (χ2v) is 6.46. The van der Waals surface area contributed by atoms with E-state index in [-0.39, 0.29) is 5.75 Å². The Labute approximate surface area is 130 Å². The number of carbonyl (C=O) groups is 1. The third-order valence-corrected chi connectivity index (χ3v) is 4.21. The zero-order chi connectivity index (χ0) is 14.9. The highest BCUT2D eigenvalue weighted by Crippen LogP contribution is 2.28. The van der Waals surface area contributed by atoms with Crippen LogP contribution in [0.15, 0.2) is 28.0 Å². The summed E-state index contributed by atoms with van der Waals surface area (Å²) < 4.78 is 3.01. The molecule has 0 saturated carbocycles. The number of thioether (sulfide) groups is 1. The molecule has 106 valence electrons. The van der Waals surface area contributed by atoms with Gasteiger partial charge in [0.15, 0.2) is 5.16 Å². The van der Waals surface area contributed by atoms with E-state index in [0.29, 0.717) is 5.16 Å². The Morgan fingerprint density at radius 3 is 2.50 bits per heavy atom. The highest BCUT2D eigenvalue weighted by atomic mass is 79.9. The van der Waals surface area contributed by atoms with Crippen molar-refractivity contribution < 1.29 is 9.90 Å². The number of imidazole rings is 1. The zero-order valence-corrected chi connectivity index (χ0v) is 13.9. The van der Waals surface area contributed by atoms with Gasteiger partial charge in [-0.05, 0) is 44.0 Å². The van der Waals surface area contributed by atoms with Crippen LogP contribution < -0.4 is 0 Å². The number of hydrogen-bond donors (Lipinski definition) is 1. The lowest BCUT2D eigenvalue weighted by atomic mass is 10.1. The molecule has 6 heteroatoms. The van der Waals surface area contributed by atoms with Crippen molar-refractivity contribution in [2.75, 3.05) is 5.75 Å². The molecule has 0 aliphatic heterocycles. The molecule has 1 aromatic carbocycles. The minimum Gasteiger partial charge on any atom is -0.481 e. The Balaban J connectivity index is 2.50. The highest BCUT2D eigenvalue weighted by molar-refractivity contribution is 9.10. The molecule has 0 aliphatic rings. The summed E-state index contributed by atoms with van der Waals surface area (Å²) in [4.78, 5) is 15.2. The quantitative estimate of drug-likeness (QED) is 0.849. The third kappa shape index (κ3) is 3.24. The van der Waals surface area contributed by atoms with Gasteiger partial charge in [0.05, 0.1) is 17.1 Å². The first-order chi connectivity index (χ1) is 9.38. The van der Waals surface area contributed by atoms with E-state index >= 15 is 0 Å². The fourth-order valence-corrected chi connectivity index (χ4v) is 3.58. The molecular formula is C14H15BrN2O2S. The molecule has 0 radical (unpaired) electrons. The summed E-state index contributed by atoms with van der Waals surface area (Å²) in [6.45, 7) is 5.98. The fourth-order valence-electron chi connectivity index (χ4n) is 2.15. The molecule has 2 rings (SSSR count). The summed E-state index contributed by atoms with van der Waals surface area (Å²) in [6.07, 6.45) is 1.94. The second kappa shape index (κ2) is 6.01. The van der Waals surface area contributed by atoms with Gasteiger partial charge in [0.1, 0.15) is 0 Å².